The van der Waals surface area contributed by atoms with Gasteiger partial charge in [-0.2, -0.15) is 0 Å². The lowest BCUT2D eigenvalue weighted by atomic mass is 10.2. The Kier molecular flexibility index (Phi) is 7.14. The first kappa shape index (κ1) is 18.6. The Morgan fingerprint density at radius 2 is 1.76 bits per heavy atom. The number of carbonyl (C=O) groups is 1. The molecule has 5 nitrogen and oxygen atoms in total. The molecule has 2 aromatic rings. The Morgan fingerprint density at radius 1 is 1.04 bits per heavy atom. The van der Waals surface area contributed by atoms with Crippen molar-refractivity contribution in [2.45, 2.75) is 20.8 Å². The van der Waals surface area contributed by atoms with E-state index in [0.717, 1.165) is 22.9 Å². The SMILES string of the molecule is CCOc1ccccc1NCC(=O)Nc1ccc(OCC(C)C)cc1. The summed E-state index contributed by atoms with van der Waals surface area (Å²) < 4.78 is 11.2. The molecule has 0 aliphatic carbocycles. The molecule has 0 saturated carbocycles. The molecule has 1 amide bonds. The second kappa shape index (κ2) is 9.57. The van der Waals surface area contributed by atoms with Gasteiger partial charge in [0.1, 0.15) is 11.5 Å². The number of hydrogen-bond donors (Lipinski definition) is 2. The summed E-state index contributed by atoms with van der Waals surface area (Å²) in [5.41, 5.74) is 1.54. The van der Waals surface area contributed by atoms with Gasteiger partial charge in [0.25, 0.3) is 0 Å². The number of para-hydroxylation sites is 2. The number of amides is 1. The van der Waals surface area contributed by atoms with Crippen molar-refractivity contribution in [3.63, 3.8) is 0 Å². The molecule has 0 atom stereocenters. The molecule has 0 aliphatic rings. The molecular formula is C20H26N2O3. The van der Waals surface area contributed by atoms with Crippen LogP contribution in [0.15, 0.2) is 48.5 Å². The van der Waals surface area contributed by atoms with Crippen molar-refractivity contribution >= 4 is 17.3 Å². The van der Waals surface area contributed by atoms with Crippen molar-refractivity contribution in [1.29, 1.82) is 0 Å². The Labute approximate surface area is 149 Å². The quantitative estimate of drug-likeness (QED) is 0.718. The van der Waals surface area contributed by atoms with E-state index in [1.165, 1.54) is 0 Å². The molecule has 0 heterocycles. The maximum atomic E-state index is 12.1. The third-order valence-electron chi connectivity index (χ3n) is 3.35. The fraction of sp³-hybridized carbons (Fsp3) is 0.350. The summed E-state index contributed by atoms with van der Waals surface area (Å²) in [7, 11) is 0. The minimum absolute atomic E-state index is 0.123. The van der Waals surface area contributed by atoms with Crippen molar-refractivity contribution < 1.29 is 14.3 Å². The molecule has 2 N–H and O–H groups in total. The Hall–Kier alpha value is -2.69. The van der Waals surface area contributed by atoms with Gasteiger partial charge in [0.15, 0.2) is 0 Å². The number of anilines is 2. The minimum atomic E-state index is -0.123. The third-order valence-corrected chi connectivity index (χ3v) is 3.35. The number of carbonyl (C=O) groups excluding carboxylic acids is 1. The summed E-state index contributed by atoms with van der Waals surface area (Å²) in [5, 5.41) is 5.96. The van der Waals surface area contributed by atoms with Gasteiger partial charge in [-0.25, -0.2) is 0 Å². The molecule has 0 spiro atoms. The highest BCUT2D eigenvalue weighted by atomic mass is 16.5. The number of ether oxygens (including phenoxy) is 2. The van der Waals surface area contributed by atoms with Gasteiger partial charge < -0.3 is 20.1 Å². The van der Waals surface area contributed by atoms with Crippen molar-refractivity contribution in [3.8, 4) is 11.5 Å². The average Bonchev–Trinajstić information content (AvgIpc) is 2.60. The Bertz CT molecular complexity index is 669. The summed E-state index contributed by atoms with van der Waals surface area (Å²) in [5.74, 6) is 1.90. The van der Waals surface area contributed by atoms with E-state index in [0.29, 0.717) is 19.1 Å². The summed E-state index contributed by atoms with van der Waals surface area (Å²) >= 11 is 0. The van der Waals surface area contributed by atoms with E-state index in [4.69, 9.17) is 9.47 Å². The van der Waals surface area contributed by atoms with Gasteiger partial charge in [0.05, 0.1) is 25.4 Å². The van der Waals surface area contributed by atoms with Crippen LogP contribution in [0.5, 0.6) is 11.5 Å². The monoisotopic (exact) mass is 342 g/mol. The highest BCUT2D eigenvalue weighted by Crippen LogP contribution is 2.23. The maximum Gasteiger partial charge on any atom is 0.243 e. The molecule has 25 heavy (non-hydrogen) atoms. The molecule has 0 bridgehead atoms. The molecule has 0 aromatic heterocycles. The summed E-state index contributed by atoms with van der Waals surface area (Å²) in [6.07, 6.45) is 0. The van der Waals surface area contributed by atoms with Gasteiger partial charge in [-0.3, -0.25) is 4.79 Å². The van der Waals surface area contributed by atoms with Gasteiger partial charge >= 0.3 is 0 Å². The van der Waals surface area contributed by atoms with Gasteiger partial charge in [0, 0.05) is 5.69 Å². The molecule has 0 aliphatic heterocycles. The smallest absolute Gasteiger partial charge is 0.243 e. The summed E-state index contributed by atoms with van der Waals surface area (Å²) in [6, 6.07) is 14.9. The first-order valence-electron chi connectivity index (χ1n) is 8.57. The highest BCUT2D eigenvalue weighted by Gasteiger charge is 2.06. The van der Waals surface area contributed by atoms with Crippen molar-refractivity contribution in [1.82, 2.24) is 0 Å². The fourth-order valence-corrected chi connectivity index (χ4v) is 2.17. The Balaban J connectivity index is 1.84. The van der Waals surface area contributed by atoms with Crippen LogP contribution >= 0.6 is 0 Å². The van der Waals surface area contributed by atoms with Crippen molar-refractivity contribution in [2.24, 2.45) is 5.92 Å². The molecule has 0 saturated heterocycles. The van der Waals surface area contributed by atoms with E-state index in [1.54, 1.807) is 0 Å². The number of rotatable bonds is 9. The molecule has 0 fully saturated rings. The van der Waals surface area contributed by atoms with Crippen LogP contribution in [0.1, 0.15) is 20.8 Å². The third kappa shape index (κ3) is 6.37. The molecule has 2 aromatic carbocycles. The average molecular weight is 342 g/mol. The first-order valence-corrected chi connectivity index (χ1v) is 8.57. The largest absolute Gasteiger partial charge is 0.493 e. The van der Waals surface area contributed by atoms with Crippen LogP contribution in [-0.4, -0.2) is 25.7 Å². The fourth-order valence-electron chi connectivity index (χ4n) is 2.17. The lowest BCUT2D eigenvalue weighted by Crippen LogP contribution is -2.22. The Morgan fingerprint density at radius 3 is 2.44 bits per heavy atom. The zero-order valence-corrected chi connectivity index (χ0v) is 15.0. The van der Waals surface area contributed by atoms with E-state index in [1.807, 2.05) is 55.5 Å². The van der Waals surface area contributed by atoms with E-state index in [2.05, 4.69) is 24.5 Å². The predicted molar refractivity (Wildman–Crippen MR) is 102 cm³/mol. The van der Waals surface area contributed by atoms with Crippen LogP contribution in [0, 0.1) is 5.92 Å². The molecule has 0 radical (unpaired) electrons. The van der Waals surface area contributed by atoms with Crippen LogP contribution in [0.4, 0.5) is 11.4 Å². The van der Waals surface area contributed by atoms with Gasteiger partial charge in [-0.15, -0.1) is 0 Å². The van der Waals surface area contributed by atoms with Crippen LogP contribution in [0.25, 0.3) is 0 Å². The summed E-state index contributed by atoms with van der Waals surface area (Å²) in [6.45, 7) is 7.55. The molecular weight excluding hydrogens is 316 g/mol. The second-order valence-corrected chi connectivity index (χ2v) is 6.06. The number of benzene rings is 2. The van der Waals surface area contributed by atoms with E-state index >= 15 is 0 Å². The zero-order valence-electron chi connectivity index (χ0n) is 15.0. The lowest BCUT2D eigenvalue weighted by molar-refractivity contribution is -0.114. The standard InChI is InChI=1S/C20H26N2O3/c1-4-24-19-8-6-5-7-18(19)21-13-20(23)22-16-9-11-17(12-10-16)25-14-15(2)3/h5-12,15,21H,4,13-14H2,1-3H3,(H,22,23). The number of nitrogens with one attached hydrogen (secondary N) is 2. The molecule has 134 valence electrons. The second-order valence-electron chi connectivity index (χ2n) is 6.06. The van der Waals surface area contributed by atoms with Crippen LogP contribution in [0.2, 0.25) is 0 Å². The van der Waals surface area contributed by atoms with E-state index in [9.17, 15) is 4.79 Å². The molecule has 0 unspecified atom stereocenters. The van der Waals surface area contributed by atoms with Crippen LogP contribution in [0.3, 0.4) is 0 Å². The zero-order chi connectivity index (χ0) is 18.1. The molecule has 2 rings (SSSR count). The van der Waals surface area contributed by atoms with Crippen molar-refractivity contribution in [3.05, 3.63) is 48.5 Å². The predicted octanol–water partition coefficient (Wildman–Crippen LogP) is 4.17. The lowest BCUT2D eigenvalue weighted by Gasteiger charge is -2.12. The van der Waals surface area contributed by atoms with Gasteiger partial charge in [-0.1, -0.05) is 26.0 Å². The highest BCUT2D eigenvalue weighted by molar-refractivity contribution is 5.94. The maximum absolute atomic E-state index is 12.1. The topological polar surface area (TPSA) is 59.6 Å². The minimum Gasteiger partial charge on any atom is -0.493 e. The number of hydrogen-bond acceptors (Lipinski definition) is 4. The van der Waals surface area contributed by atoms with Gasteiger partial charge in [-0.05, 0) is 49.2 Å². The van der Waals surface area contributed by atoms with Crippen LogP contribution in [-0.2, 0) is 4.79 Å². The first-order chi connectivity index (χ1) is 12.1. The normalized spacial score (nSPS) is 10.4. The molecule has 5 heteroatoms. The van der Waals surface area contributed by atoms with Crippen LogP contribution < -0.4 is 20.1 Å². The van der Waals surface area contributed by atoms with Gasteiger partial charge in [0.2, 0.25) is 5.91 Å². The van der Waals surface area contributed by atoms with E-state index < -0.39 is 0 Å². The summed E-state index contributed by atoms with van der Waals surface area (Å²) in [4.78, 5) is 12.1. The van der Waals surface area contributed by atoms with E-state index in [-0.39, 0.29) is 12.5 Å². The van der Waals surface area contributed by atoms with Crippen molar-refractivity contribution in [2.75, 3.05) is 30.4 Å².